The second-order valence-corrected chi connectivity index (χ2v) is 5.08. The van der Waals surface area contributed by atoms with Gasteiger partial charge in [0.1, 0.15) is 11.6 Å². The highest BCUT2D eigenvalue weighted by Gasteiger charge is 2.05. The summed E-state index contributed by atoms with van der Waals surface area (Å²) in [6.45, 7) is 5.15. The van der Waals surface area contributed by atoms with Gasteiger partial charge in [0.05, 0.1) is 0 Å². The first-order chi connectivity index (χ1) is 8.17. The highest BCUT2D eigenvalue weighted by Crippen LogP contribution is 2.12. The van der Waals surface area contributed by atoms with E-state index in [9.17, 15) is 0 Å². The standard InChI is InChI=1S/C13H22BrN3/c1-4-12-10-13(16-11(2)15-12)17(3)9-7-5-6-8-14/h10H,4-9H2,1-3H3. The summed E-state index contributed by atoms with van der Waals surface area (Å²) in [7, 11) is 2.11. The van der Waals surface area contributed by atoms with Crippen molar-refractivity contribution >= 4 is 21.7 Å². The summed E-state index contributed by atoms with van der Waals surface area (Å²) in [5.41, 5.74) is 1.12. The molecule has 0 saturated heterocycles. The third-order valence-electron chi connectivity index (χ3n) is 2.76. The van der Waals surface area contributed by atoms with E-state index in [2.05, 4.69) is 50.8 Å². The molecule has 1 aromatic heterocycles. The largest absolute Gasteiger partial charge is 0.360 e. The average molecular weight is 300 g/mol. The van der Waals surface area contributed by atoms with Crippen molar-refractivity contribution in [2.24, 2.45) is 0 Å². The fourth-order valence-electron chi connectivity index (χ4n) is 1.72. The molecule has 3 nitrogen and oxygen atoms in total. The predicted octanol–water partition coefficient (Wildman–Crippen LogP) is 3.35. The van der Waals surface area contributed by atoms with Gasteiger partial charge in [-0.15, -0.1) is 0 Å². The third kappa shape index (κ3) is 5.02. The van der Waals surface area contributed by atoms with Crippen molar-refractivity contribution in [1.29, 1.82) is 0 Å². The lowest BCUT2D eigenvalue weighted by Crippen LogP contribution is -2.20. The molecule has 0 radical (unpaired) electrons. The summed E-state index contributed by atoms with van der Waals surface area (Å²) in [4.78, 5) is 11.1. The van der Waals surface area contributed by atoms with Crippen molar-refractivity contribution in [3.05, 3.63) is 17.6 Å². The number of aromatic nitrogens is 2. The number of unbranched alkanes of at least 4 members (excludes halogenated alkanes) is 2. The van der Waals surface area contributed by atoms with E-state index in [4.69, 9.17) is 0 Å². The van der Waals surface area contributed by atoms with Gasteiger partial charge in [-0.2, -0.15) is 0 Å². The lowest BCUT2D eigenvalue weighted by atomic mass is 10.2. The number of anilines is 1. The molecule has 0 N–H and O–H groups in total. The maximum atomic E-state index is 4.49. The van der Waals surface area contributed by atoms with Crippen molar-refractivity contribution in [1.82, 2.24) is 9.97 Å². The molecule has 0 aliphatic carbocycles. The summed E-state index contributed by atoms with van der Waals surface area (Å²) in [5, 5.41) is 1.10. The quantitative estimate of drug-likeness (QED) is 0.571. The molecule has 0 aliphatic heterocycles. The van der Waals surface area contributed by atoms with Crippen LogP contribution in [-0.4, -0.2) is 28.9 Å². The molecule has 1 aromatic rings. The fourth-order valence-corrected chi connectivity index (χ4v) is 2.12. The number of aryl methyl sites for hydroxylation is 2. The van der Waals surface area contributed by atoms with E-state index in [1.54, 1.807) is 0 Å². The molecular weight excluding hydrogens is 278 g/mol. The minimum absolute atomic E-state index is 0.867. The molecule has 17 heavy (non-hydrogen) atoms. The lowest BCUT2D eigenvalue weighted by Gasteiger charge is -2.18. The van der Waals surface area contributed by atoms with Crippen LogP contribution >= 0.6 is 15.9 Å². The van der Waals surface area contributed by atoms with Crippen LogP contribution in [0.1, 0.15) is 37.7 Å². The van der Waals surface area contributed by atoms with Crippen LogP contribution in [0.2, 0.25) is 0 Å². The van der Waals surface area contributed by atoms with E-state index in [0.29, 0.717) is 0 Å². The molecule has 0 amide bonds. The summed E-state index contributed by atoms with van der Waals surface area (Å²) in [6, 6.07) is 2.09. The van der Waals surface area contributed by atoms with Gasteiger partial charge in [0.25, 0.3) is 0 Å². The van der Waals surface area contributed by atoms with Crippen molar-refractivity contribution in [3.63, 3.8) is 0 Å². The van der Waals surface area contributed by atoms with Crippen molar-refractivity contribution in [3.8, 4) is 0 Å². The molecular formula is C13H22BrN3. The molecule has 0 aliphatic rings. The third-order valence-corrected chi connectivity index (χ3v) is 3.32. The molecule has 96 valence electrons. The SMILES string of the molecule is CCc1cc(N(C)CCCCCBr)nc(C)n1. The van der Waals surface area contributed by atoms with Gasteiger partial charge in [0, 0.05) is 30.7 Å². The van der Waals surface area contributed by atoms with E-state index < -0.39 is 0 Å². The van der Waals surface area contributed by atoms with Crippen LogP contribution < -0.4 is 4.90 Å². The minimum Gasteiger partial charge on any atom is -0.360 e. The summed E-state index contributed by atoms with van der Waals surface area (Å²) in [6.07, 6.45) is 4.69. The van der Waals surface area contributed by atoms with E-state index in [0.717, 1.165) is 35.6 Å². The number of hydrogen-bond acceptors (Lipinski definition) is 3. The van der Waals surface area contributed by atoms with Gasteiger partial charge in [-0.25, -0.2) is 9.97 Å². The van der Waals surface area contributed by atoms with E-state index in [1.165, 1.54) is 19.3 Å². The van der Waals surface area contributed by atoms with Gasteiger partial charge < -0.3 is 4.90 Å². The maximum absolute atomic E-state index is 4.49. The Morgan fingerprint density at radius 2 is 2.00 bits per heavy atom. The Hall–Kier alpha value is -0.640. The first-order valence-electron chi connectivity index (χ1n) is 6.29. The van der Waals surface area contributed by atoms with Crippen LogP contribution in [0.4, 0.5) is 5.82 Å². The second kappa shape index (κ2) is 7.64. The second-order valence-electron chi connectivity index (χ2n) is 4.29. The van der Waals surface area contributed by atoms with E-state index in [1.807, 2.05) is 6.92 Å². The topological polar surface area (TPSA) is 29.0 Å². The number of nitrogens with zero attached hydrogens (tertiary/aromatic N) is 3. The Bertz CT molecular complexity index is 341. The van der Waals surface area contributed by atoms with Gasteiger partial charge in [-0.3, -0.25) is 0 Å². The van der Waals surface area contributed by atoms with Gasteiger partial charge in [0.15, 0.2) is 0 Å². The van der Waals surface area contributed by atoms with Crippen molar-refractivity contribution in [2.75, 3.05) is 23.8 Å². The number of rotatable bonds is 7. The molecule has 0 unspecified atom stereocenters. The average Bonchev–Trinajstić information content (AvgIpc) is 2.33. The van der Waals surface area contributed by atoms with Crippen LogP contribution in [0.3, 0.4) is 0 Å². The van der Waals surface area contributed by atoms with E-state index >= 15 is 0 Å². The smallest absolute Gasteiger partial charge is 0.132 e. The lowest BCUT2D eigenvalue weighted by molar-refractivity contribution is 0.704. The van der Waals surface area contributed by atoms with Gasteiger partial charge >= 0.3 is 0 Å². The number of halogens is 1. The zero-order valence-electron chi connectivity index (χ0n) is 11.0. The van der Waals surface area contributed by atoms with Crippen molar-refractivity contribution < 1.29 is 0 Å². The molecule has 0 spiro atoms. The Kier molecular flexibility index (Phi) is 6.48. The van der Waals surface area contributed by atoms with Crippen LogP contribution in [0, 0.1) is 6.92 Å². The Labute approximate surface area is 113 Å². The predicted molar refractivity (Wildman–Crippen MR) is 77.1 cm³/mol. The highest BCUT2D eigenvalue weighted by molar-refractivity contribution is 9.09. The molecule has 4 heteroatoms. The van der Waals surface area contributed by atoms with Crippen LogP contribution in [0.15, 0.2) is 6.07 Å². The van der Waals surface area contributed by atoms with Gasteiger partial charge in [-0.1, -0.05) is 29.3 Å². The molecule has 1 heterocycles. The number of hydrogen-bond donors (Lipinski definition) is 0. The fraction of sp³-hybridized carbons (Fsp3) is 0.692. The Morgan fingerprint density at radius 3 is 2.65 bits per heavy atom. The molecule has 1 rings (SSSR count). The highest BCUT2D eigenvalue weighted by atomic mass is 79.9. The summed E-state index contributed by atoms with van der Waals surface area (Å²) < 4.78 is 0. The summed E-state index contributed by atoms with van der Waals surface area (Å²) in [5.74, 6) is 1.92. The zero-order valence-corrected chi connectivity index (χ0v) is 12.6. The zero-order chi connectivity index (χ0) is 12.7. The molecule has 0 aromatic carbocycles. The van der Waals surface area contributed by atoms with Gasteiger partial charge in [-0.05, 0) is 26.2 Å². The first kappa shape index (κ1) is 14.4. The number of alkyl halides is 1. The Balaban J connectivity index is 2.55. The molecule has 0 bridgehead atoms. The molecule has 0 fully saturated rings. The normalized spacial score (nSPS) is 10.6. The van der Waals surface area contributed by atoms with Crippen molar-refractivity contribution in [2.45, 2.75) is 39.5 Å². The first-order valence-corrected chi connectivity index (χ1v) is 7.41. The van der Waals surface area contributed by atoms with Crippen LogP contribution in [-0.2, 0) is 6.42 Å². The van der Waals surface area contributed by atoms with Crippen LogP contribution in [0.5, 0.6) is 0 Å². The minimum atomic E-state index is 0.867. The van der Waals surface area contributed by atoms with Gasteiger partial charge in [0.2, 0.25) is 0 Å². The van der Waals surface area contributed by atoms with E-state index in [-0.39, 0.29) is 0 Å². The molecule has 0 saturated carbocycles. The monoisotopic (exact) mass is 299 g/mol. The maximum Gasteiger partial charge on any atom is 0.132 e. The summed E-state index contributed by atoms with van der Waals surface area (Å²) >= 11 is 3.46. The Morgan fingerprint density at radius 1 is 1.24 bits per heavy atom. The molecule has 0 atom stereocenters. The van der Waals surface area contributed by atoms with Crippen LogP contribution in [0.25, 0.3) is 0 Å².